The van der Waals surface area contributed by atoms with Crippen molar-refractivity contribution in [2.75, 3.05) is 0 Å². The van der Waals surface area contributed by atoms with Crippen LogP contribution in [0.5, 0.6) is 0 Å². The van der Waals surface area contributed by atoms with Gasteiger partial charge in [0.2, 0.25) is 0 Å². The van der Waals surface area contributed by atoms with Crippen LogP contribution in [0.1, 0.15) is 26.7 Å². The summed E-state index contributed by atoms with van der Waals surface area (Å²) in [4.78, 5) is 0. The van der Waals surface area contributed by atoms with E-state index < -0.39 is 0 Å². The number of hydrogen-bond acceptors (Lipinski definition) is 1. The molecule has 1 heteroatoms. The molecule has 0 spiro atoms. The van der Waals surface area contributed by atoms with E-state index in [-0.39, 0.29) is 0 Å². The zero-order chi connectivity index (χ0) is 7.82. The summed E-state index contributed by atoms with van der Waals surface area (Å²) in [6, 6.07) is 0. The lowest BCUT2D eigenvalue weighted by Gasteiger charge is -1.94. The second kappa shape index (κ2) is 6.27. The van der Waals surface area contributed by atoms with Crippen molar-refractivity contribution in [2.45, 2.75) is 26.7 Å². The van der Waals surface area contributed by atoms with E-state index in [9.17, 15) is 0 Å². The average Bonchev–Trinajstić information content (AvgIpc) is 1.90. The lowest BCUT2D eigenvalue weighted by atomic mass is 10.1. The maximum absolute atomic E-state index is 6.85. The van der Waals surface area contributed by atoms with Crippen LogP contribution < -0.4 is 0 Å². The standard InChI is InChI=1S/C9H15N/c1-3-5-9(6-4-2)7-8-10/h3,5,7-8,10H,4,6H2,1-2H3/b5-3-,9-7+,10-8?. The van der Waals surface area contributed by atoms with Gasteiger partial charge in [0, 0.05) is 6.21 Å². The zero-order valence-corrected chi connectivity index (χ0v) is 6.72. The van der Waals surface area contributed by atoms with Crippen molar-refractivity contribution in [2.24, 2.45) is 0 Å². The topological polar surface area (TPSA) is 23.9 Å². The Morgan fingerprint density at radius 2 is 2.20 bits per heavy atom. The Kier molecular flexibility index (Phi) is 5.74. The van der Waals surface area contributed by atoms with Crippen LogP contribution in [0.15, 0.2) is 23.8 Å². The lowest BCUT2D eigenvalue weighted by molar-refractivity contribution is 0.927. The van der Waals surface area contributed by atoms with E-state index >= 15 is 0 Å². The van der Waals surface area contributed by atoms with Crippen LogP contribution in [0.3, 0.4) is 0 Å². The van der Waals surface area contributed by atoms with Gasteiger partial charge in [-0.1, -0.05) is 25.5 Å². The molecule has 1 nitrogen and oxygen atoms in total. The Morgan fingerprint density at radius 3 is 2.60 bits per heavy atom. The minimum Gasteiger partial charge on any atom is -0.309 e. The van der Waals surface area contributed by atoms with Crippen LogP contribution in [0, 0.1) is 5.41 Å². The van der Waals surface area contributed by atoms with Gasteiger partial charge in [0.1, 0.15) is 0 Å². The van der Waals surface area contributed by atoms with E-state index in [1.165, 1.54) is 11.8 Å². The van der Waals surface area contributed by atoms with Crippen molar-refractivity contribution in [3.8, 4) is 0 Å². The Hall–Kier alpha value is -0.850. The van der Waals surface area contributed by atoms with Gasteiger partial charge >= 0.3 is 0 Å². The molecule has 0 aromatic carbocycles. The summed E-state index contributed by atoms with van der Waals surface area (Å²) in [5, 5.41) is 6.85. The molecule has 0 saturated heterocycles. The minimum absolute atomic E-state index is 1.07. The molecule has 0 fully saturated rings. The summed E-state index contributed by atoms with van der Waals surface area (Å²) < 4.78 is 0. The fourth-order valence-electron chi connectivity index (χ4n) is 0.832. The minimum atomic E-state index is 1.07. The van der Waals surface area contributed by atoms with Crippen molar-refractivity contribution in [1.82, 2.24) is 0 Å². The first kappa shape index (κ1) is 9.15. The molecule has 0 saturated carbocycles. The van der Waals surface area contributed by atoms with Crippen LogP contribution >= 0.6 is 0 Å². The summed E-state index contributed by atoms with van der Waals surface area (Å²) in [6.07, 6.45) is 9.44. The summed E-state index contributed by atoms with van der Waals surface area (Å²) in [5.41, 5.74) is 1.24. The van der Waals surface area contributed by atoms with E-state index in [1.54, 1.807) is 0 Å². The Labute approximate surface area is 63.0 Å². The maximum atomic E-state index is 6.85. The average molecular weight is 137 g/mol. The van der Waals surface area contributed by atoms with Gasteiger partial charge in [-0.15, -0.1) is 0 Å². The third-order valence-corrected chi connectivity index (χ3v) is 1.22. The van der Waals surface area contributed by atoms with Crippen molar-refractivity contribution < 1.29 is 0 Å². The van der Waals surface area contributed by atoms with Crippen LogP contribution in [0.4, 0.5) is 0 Å². The molecule has 0 amide bonds. The Bertz CT molecular complexity index is 143. The molecule has 56 valence electrons. The Balaban J connectivity index is 3.96. The number of hydrogen-bond donors (Lipinski definition) is 1. The normalized spacial score (nSPS) is 12.4. The molecule has 0 aliphatic carbocycles. The lowest BCUT2D eigenvalue weighted by Crippen LogP contribution is -1.77. The maximum Gasteiger partial charge on any atom is 0.0180 e. The summed E-state index contributed by atoms with van der Waals surface area (Å²) in [7, 11) is 0. The van der Waals surface area contributed by atoms with Gasteiger partial charge in [-0.25, -0.2) is 0 Å². The molecule has 0 bridgehead atoms. The summed E-state index contributed by atoms with van der Waals surface area (Å²) in [5.74, 6) is 0. The van der Waals surface area contributed by atoms with Crippen molar-refractivity contribution >= 4 is 6.21 Å². The molecule has 0 rings (SSSR count). The van der Waals surface area contributed by atoms with E-state index in [1.807, 2.05) is 19.1 Å². The first-order valence-electron chi connectivity index (χ1n) is 3.67. The molecule has 0 unspecified atom stereocenters. The number of allylic oxidation sites excluding steroid dienone is 4. The van der Waals surface area contributed by atoms with Crippen LogP contribution in [-0.2, 0) is 0 Å². The number of rotatable bonds is 4. The van der Waals surface area contributed by atoms with Gasteiger partial charge in [0.25, 0.3) is 0 Å². The van der Waals surface area contributed by atoms with Crippen molar-refractivity contribution in [1.29, 1.82) is 5.41 Å². The van der Waals surface area contributed by atoms with Gasteiger partial charge < -0.3 is 5.41 Å². The smallest absolute Gasteiger partial charge is 0.0180 e. The highest BCUT2D eigenvalue weighted by molar-refractivity contribution is 5.69. The molecule has 0 atom stereocenters. The predicted octanol–water partition coefficient (Wildman–Crippen LogP) is 2.94. The molecule has 0 aliphatic rings. The van der Waals surface area contributed by atoms with Gasteiger partial charge in [0.05, 0.1) is 0 Å². The first-order chi connectivity index (χ1) is 4.85. The van der Waals surface area contributed by atoms with E-state index in [0.717, 1.165) is 12.8 Å². The highest BCUT2D eigenvalue weighted by Gasteiger charge is 1.86. The SMILES string of the molecule is C/C=C\C(=C/C=N)CCC. The third kappa shape index (κ3) is 4.07. The second-order valence-electron chi connectivity index (χ2n) is 2.16. The van der Waals surface area contributed by atoms with Crippen LogP contribution in [0.2, 0.25) is 0 Å². The molecular weight excluding hydrogens is 122 g/mol. The molecule has 0 aliphatic heterocycles. The zero-order valence-electron chi connectivity index (χ0n) is 6.72. The third-order valence-electron chi connectivity index (χ3n) is 1.22. The van der Waals surface area contributed by atoms with Gasteiger partial charge in [-0.3, -0.25) is 0 Å². The summed E-state index contributed by atoms with van der Waals surface area (Å²) >= 11 is 0. The van der Waals surface area contributed by atoms with E-state index in [2.05, 4.69) is 13.0 Å². The fraction of sp³-hybridized carbons (Fsp3) is 0.444. The molecule has 0 radical (unpaired) electrons. The summed E-state index contributed by atoms with van der Waals surface area (Å²) in [6.45, 7) is 4.13. The molecule has 0 aromatic rings. The molecule has 10 heavy (non-hydrogen) atoms. The molecule has 0 aromatic heterocycles. The quantitative estimate of drug-likeness (QED) is 0.455. The fourth-order valence-corrected chi connectivity index (χ4v) is 0.832. The number of nitrogens with one attached hydrogen (secondary N) is 1. The largest absolute Gasteiger partial charge is 0.309 e. The van der Waals surface area contributed by atoms with Gasteiger partial charge in [-0.2, -0.15) is 0 Å². The monoisotopic (exact) mass is 137 g/mol. The van der Waals surface area contributed by atoms with E-state index in [4.69, 9.17) is 5.41 Å². The van der Waals surface area contributed by atoms with Crippen molar-refractivity contribution in [3.63, 3.8) is 0 Å². The van der Waals surface area contributed by atoms with E-state index in [0.29, 0.717) is 0 Å². The second-order valence-corrected chi connectivity index (χ2v) is 2.16. The highest BCUT2D eigenvalue weighted by atomic mass is 14.3. The van der Waals surface area contributed by atoms with Crippen LogP contribution in [0.25, 0.3) is 0 Å². The van der Waals surface area contributed by atoms with Gasteiger partial charge in [-0.05, 0) is 25.0 Å². The van der Waals surface area contributed by atoms with Gasteiger partial charge in [0.15, 0.2) is 0 Å². The Morgan fingerprint density at radius 1 is 1.50 bits per heavy atom. The molecule has 1 N–H and O–H groups in total. The van der Waals surface area contributed by atoms with Crippen molar-refractivity contribution in [3.05, 3.63) is 23.8 Å². The highest BCUT2D eigenvalue weighted by Crippen LogP contribution is 2.04. The first-order valence-corrected chi connectivity index (χ1v) is 3.67. The molecule has 0 heterocycles. The predicted molar refractivity (Wildman–Crippen MR) is 46.6 cm³/mol. The van der Waals surface area contributed by atoms with Crippen LogP contribution in [-0.4, -0.2) is 6.21 Å². The molecular formula is C9H15N.